The van der Waals surface area contributed by atoms with Gasteiger partial charge in [-0.05, 0) is 26.7 Å². The van der Waals surface area contributed by atoms with Gasteiger partial charge in [0.2, 0.25) is 0 Å². The van der Waals surface area contributed by atoms with E-state index in [1.54, 1.807) is 0 Å². The standard InChI is InChI=1S/C13H21NO/c1-4-13(15)9-10(2)14-12(3)8-6-5-7-11(12)13/h1,10-11,14-15H,5-9H2,2-3H3. The molecule has 2 nitrogen and oxygen atoms in total. The molecule has 0 aromatic rings. The second-order valence-corrected chi connectivity index (χ2v) is 5.53. The Labute approximate surface area is 92.5 Å². The van der Waals surface area contributed by atoms with Crippen LogP contribution in [0, 0.1) is 18.3 Å². The molecule has 2 aliphatic rings. The van der Waals surface area contributed by atoms with Crippen LogP contribution in [0.1, 0.15) is 46.0 Å². The molecule has 2 N–H and O–H groups in total. The molecular formula is C13H21NO. The summed E-state index contributed by atoms with van der Waals surface area (Å²) in [5, 5.41) is 14.2. The van der Waals surface area contributed by atoms with Gasteiger partial charge in [0, 0.05) is 23.9 Å². The first-order valence-corrected chi connectivity index (χ1v) is 5.98. The van der Waals surface area contributed by atoms with Crippen molar-refractivity contribution in [3.05, 3.63) is 0 Å². The van der Waals surface area contributed by atoms with Crippen molar-refractivity contribution in [1.82, 2.24) is 5.32 Å². The van der Waals surface area contributed by atoms with E-state index in [1.807, 2.05) is 0 Å². The normalized spacial score (nSPS) is 50.5. The lowest BCUT2D eigenvalue weighted by Crippen LogP contribution is -2.66. The van der Waals surface area contributed by atoms with E-state index in [2.05, 4.69) is 25.1 Å². The number of aliphatic hydroxyl groups is 1. The van der Waals surface area contributed by atoms with E-state index < -0.39 is 5.60 Å². The molecule has 1 saturated carbocycles. The third kappa shape index (κ3) is 1.68. The summed E-state index contributed by atoms with van der Waals surface area (Å²) in [6.07, 6.45) is 10.8. The molecular weight excluding hydrogens is 186 g/mol. The number of piperidine rings is 1. The fourth-order valence-corrected chi connectivity index (χ4v) is 3.65. The van der Waals surface area contributed by atoms with Crippen LogP contribution in [0.2, 0.25) is 0 Å². The Kier molecular flexibility index (Phi) is 2.56. The lowest BCUT2D eigenvalue weighted by Gasteiger charge is -2.54. The predicted octanol–water partition coefficient (Wildman–Crippen LogP) is 1.68. The Hall–Kier alpha value is -0.520. The van der Waals surface area contributed by atoms with E-state index in [-0.39, 0.29) is 11.5 Å². The van der Waals surface area contributed by atoms with Crippen molar-refractivity contribution in [1.29, 1.82) is 0 Å². The van der Waals surface area contributed by atoms with Crippen LogP contribution in [-0.2, 0) is 0 Å². The van der Waals surface area contributed by atoms with Crippen LogP contribution in [0.4, 0.5) is 0 Å². The summed E-state index contributed by atoms with van der Waals surface area (Å²) < 4.78 is 0. The van der Waals surface area contributed by atoms with Gasteiger partial charge in [0.25, 0.3) is 0 Å². The molecule has 1 aliphatic carbocycles. The van der Waals surface area contributed by atoms with Crippen LogP contribution in [0.15, 0.2) is 0 Å². The smallest absolute Gasteiger partial charge is 0.131 e. The maximum Gasteiger partial charge on any atom is 0.131 e. The highest BCUT2D eigenvalue weighted by atomic mass is 16.3. The van der Waals surface area contributed by atoms with E-state index in [0.717, 1.165) is 12.8 Å². The van der Waals surface area contributed by atoms with Crippen molar-refractivity contribution in [3.8, 4) is 12.3 Å². The zero-order chi connectivity index (χ0) is 11.1. The van der Waals surface area contributed by atoms with E-state index in [4.69, 9.17) is 6.42 Å². The Morgan fingerprint density at radius 2 is 2.20 bits per heavy atom. The highest BCUT2D eigenvalue weighted by Gasteiger charge is 2.52. The van der Waals surface area contributed by atoms with Crippen LogP contribution < -0.4 is 5.32 Å². The lowest BCUT2D eigenvalue weighted by atomic mass is 9.62. The average molecular weight is 207 g/mol. The number of hydrogen-bond acceptors (Lipinski definition) is 2. The van der Waals surface area contributed by atoms with E-state index >= 15 is 0 Å². The highest BCUT2D eigenvalue weighted by molar-refractivity contribution is 5.20. The average Bonchev–Trinajstić information content (AvgIpc) is 2.16. The summed E-state index contributed by atoms with van der Waals surface area (Å²) in [6.45, 7) is 4.33. The molecule has 0 aromatic heterocycles. The molecule has 15 heavy (non-hydrogen) atoms. The Morgan fingerprint density at radius 1 is 1.47 bits per heavy atom. The van der Waals surface area contributed by atoms with Crippen molar-refractivity contribution in [3.63, 3.8) is 0 Å². The van der Waals surface area contributed by atoms with Crippen LogP contribution in [-0.4, -0.2) is 22.3 Å². The SMILES string of the molecule is C#CC1(O)CC(C)NC2(C)CCCCC12. The summed E-state index contributed by atoms with van der Waals surface area (Å²) in [5.41, 5.74) is -0.850. The van der Waals surface area contributed by atoms with E-state index in [0.29, 0.717) is 12.5 Å². The molecule has 2 rings (SSSR count). The quantitative estimate of drug-likeness (QED) is 0.592. The van der Waals surface area contributed by atoms with Gasteiger partial charge >= 0.3 is 0 Å². The van der Waals surface area contributed by atoms with Gasteiger partial charge in [-0.15, -0.1) is 6.42 Å². The zero-order valence-electron chi connectivity index (χ0n) is 9.71. The van der Waals surface area contributed by atoms with E-state index in [1.165, 1.54) is 12.8 Å². The van der Waals surface area contributed by atoms with Crippen molar-refractivity contribution < 1.29 is 5.11 Å². The van der Waals surface area contributed by atoms with Gasteiger partial charge in [0.05, 0.1) is 0 Å². The van der Waals surface area contributed by atoms with Gasteiger partial charge in [-0.2, -0.15) is 0 Å². The van der Waals surface area contributed by atoms with Crippen molar-refractivity contribution >= 4 is 0 Å². The molecule has 0 aromatic carbocycles. The van der Waals surface area contributed by atoms with Gasteiger partial charge in [0.15, 0.2) is 0 Å². The topological polar surface area (TPSA) is 32.3 Å². The number of rotatable bonds is 0. The van der Waals surface area contributed by atoms with Crippen molar-refractivity contribution in [2.45, 2.75) is 63.1 Å². The monoisotopic (exact) mass is 207 g/mol. The summed E-state index contributed by atoms with van der Waals surface area (Å²) in [7, 11) is 0. The molecule has 0 radical (unpaired) electrons. The molecule has 1 heterocycles. The van der Waals surface area contributed by atoms with Crippen LogP contribution in [0.25, 0.3) is 0 Å². The van der Waals surface area contributed by atoms with Gasteiger partial charge < -0.3 is 10.4 Å². The van der Waals surface area contributed by atoms with Crippen molar-refractivity contribution in [2.24, 2.45) is 5.92 Å². The minimum atomic E-state index is -0.889. The Balaban J connectivity index is 2.32. The zero-order valence-corrected chi connectivity index (χ0v) is 9.71. The first-order chi connectivity index (χ1) is 7.00. The molecule has 0 bridgehead atoms. The first-order valence-electron chi connectivity index (χ1n) is 5.98. The maximum absolute atomic E-state index is 10.5. The summed E-state index contributed by atoms with van der Waals surface area (Å²) in [4.78, 5) is 0. The molecule has 0 amide bonds. The van der Waals surface area contributed by atoms with E-state index in [9.17, 15) is 5.11 Å². The maximum atomic E-state index is 10.5. The van der Waals surface area contributed by atoms with Gasteiger partial charge in [-0.25, -0.2) is 0 Å². The van der Waals surface area contributed by atoms with Crippen LogP contribution in [0.3, 0.4) is 0 Å². The van der Waals surface area contributed by atoms with Gasteiger partial charge in [-0.3, -0.25) is 0 Å². The molecule has 84 valence electrons. The molecule has 4 atom stereocenters. The summed E-state index contributed by atoms with van der Waals surface area (Å²) in [6, 6.07) is 0.311. The third-order valence-corrected chi connectivity index (χ3v) is 4.23. The molecule has 2 fully saturated rings. The minimum Gasteiger partial charge on any atom is -0.377 e. The molecule has 0 spiro atoms. The largest absolute Gasteiger partial charge is 0.377 e. The van der Waals surface area contributed by atoms with Crippen LogP contribution in [0.5, 0.6) is 0 Å². The molecule has 1 aliphatic heterocycles. The van der Waals surface area contributed by atoms with Gasteiger partial charge in [-0.1, -0.05) is 18.8 Å². The third-order valence-electron chi connectivity index (χ3n) is 4.23. The summed E-state index contributed by atoms with van der Waals surface area (Å²) in [5.74, 6) is 2.87. The second kappa shape index (κ2) is 3.50. The predicted molar refractivity (Wildman–Crippen MR) is 61.4 cm³/mol. The lowest BCUT2D eigenvalue weighted by molar-refractivity contribution is -0.0724. The highest BCUT2D eigenvalue weighted by Crippen LogP contribution is 2.45. The fraction of sp³-hybridized carbons (Fsp3) is 0.846. The second-order valence-electron chi connectivity index (χ2n) is 5.53. The fourth-order valence-electron chi connectivity index (χ4n) is 3.65. The number of hydrogen-bond donors (Lipinski definition) is 2. The van der Waals surface area contributed by atoms with Gasteiger partial charge in [0.1, 0.15) is 5.60 Å². The molecule has 2 heteroatoms. The van der Waals surface area contributed by atoms with Crippen LogP contribution >= 0.6 is 0 Å². The Bertz CT molecular complexity index is 295. The Morgan fingerprint density at radius 3 is 2.87 bits per heavy atom. The number of fused-ring (bicyclic) bond motifs is 1. The molecule has 1 saturated heterocycles. The van der Waals surface area contributed by atoms with Crippen molar-refractivity contribution in [2.75, 3.05) is 0 Å². The number of terminal acetylenes is 1. The summed E-state index contributed by atoms with van der Waals surface area (Å²) >= 11 is 0. The molecule has 4 unspecified atom stereocenters. The number of nitrogens with one attached hydrogen (secondary N) is 1. The first kappa shape index (κ1) is 11.0. The minimum absolute atomic E-state index is 0.0387.